The molecule has 0 aliphatic carbocycles. The van der Waals surface area contributed by atoms with Crippen LogP contribution in [0.3, 0.4) is 0 Å². The van der Waals surface area contributed by atoms with Gasteiger partial charge >= 0.3 is 0 Å². The second kappa shape index (κ2) is 6.09. The van der Waals surface area contributed by atoms with Crippen LogP contribution in [0.2, 0.25) is 0 Å². The number of anilines is 1. The van der Waals surface area contributed by atoms with Crippen LogP contribution in [0.15, 0.2) is 34.8 Å². The van der Waals surface area contributed by atoms with Crippen molar-refractivity contribution in [3.8, 4) is 11.5 Å². The van der Waals surface area contributed by atoms with E-state index in [4.69, 9.17) is 4.74 Å². The Balaban J connectivity index is 2.13. The van der Waals surface area contributed by atoms with Crippen LogP contribution >= 0.6 is 15.9 Å². The quantitative estimate of drug-likeness (QED) is 0.822. The Kier molecular flexibility index (Phi) is 4.44. The maximum atomic E-state index is 13.6. The summed E-state index contributed by atoms with van der Waals surface area (Å²) in [5, 5.41) is 12.4. The topological polar surface area (TPSA) is 41.5 Å². The first-order chi connectivity index (χ1) is 9.51. The van der Waals surface area contributed by atoms with Gasteiger partial charge in [0.05, 0.1) is 17.3 Å². The van der Waals surface area contributed by atoms with E-state index in [0.29, 0.717) is 11.3 Å². The SMILES string of the molecule is COc1ccc(CNc2cc(F)c(Br)cc2F)cc1O. The summed E-state index contributed by atoms with van der Waals surface area (Å²) in [6.45, 7) is 0.246. The minimum Gasteiger partial charge on any atom is -0.504 e. The third kappa shape index (κ3) is 3.19. The van der Waals surface area contributed by atoms with E-state index in [9.17, 15) is 13.9 Å². The number of rotatable bonds is 4. The maximum Gasteiger partial charge on any atom is 0.160 e. The first-order valence-corrected chi connectivity index (χ1v) is 6.55. The molecule has 2 rings (SSSR count). The normalized spacial score (nSPS) is 10.4. The summed E-state index contributed by atoms with van der Waals surface area (Å²) in [4.78, 5) is 0. The van der Waals surface area contributed by atoms with Crippen molar-refractivity contribution in [2.75, 3.05) is 12.4 Å². The predicted molar refractivity (Wildman–Crippen MR) is 76.0 cm³/mol. The molecule has 0 unspecified atom stereocenters. The van der Waals surface area contributed by atoms with Crippen LogP contribution in [0.25, 0.3) is 0 Å². The Morgan fingerprint density at radius 1 is 1.20 bits per heavy atom. The fourth-order valence-electron chi connectivity index (χ4n) is 1.70. The minimum absolute atomic E-state index is 0.00532. The molecular formula is C14H12BrF2NO2. The highest BCUT2D eigenvalue weighted by Gasteiger charge is 2.08. The number of nitrogens with one attached hydrogen (secondary N) is 1. The Morgan fingerprint density at radius 2 is 1.95 bits per heavy atom. The number of hydrogen-bond donors (Lipinski definition) is 2. The third-order valence-corrected chi connectivity index (χ3v) is 3.34. The number of hydrogen-bond acceptors (Lipinski definition) is 3. The van der Waals surface area contributed by atoms with E-state index in [-0.39, 0.29) is 22.5 Å². The molecule has 0 spiro atoms. The van der Waals surface area contributed by atoms with Gasteiger partial charge in [0, 0.05) is 12.6 Å². The molecule has 106 valence electrons. The number of phenolic OH excluding ortho intramolecular Hbond substituents is 1. The molecule has 0 bridgehead atoms. The average Bonchev–Trinajstić information content (AvgIpc) is 2.41. The fraction of sp³-hybridized carbons (Fsp3) is 0.143. The van der Waals surface area contributed by atoms with Crippen molar-refractivity contribution in [1.82, 2.24) is 0 Å². The van der Waals surface area contributed by atoms with Gasteiger partial charge in [-0.25, -0.2) is 8.78 Å². The van der Waals surface area contributed by atoms with E-state index in [1.807, 2.05) is 0 Å². The number of aromatic hydroxyl groups is 1. The molecule has 0 radical (unpaired) electrons. The monoisotopic (exact) mass is 343 g/mol. The van der Waals surface area contributed by atoms with Gasteiger partial charge in [0.25, 0.3) is 0 Å². The largest absolute Gasteiger partial charge is 0.504 e. The second-order valence-electron chi connectivity index (χ2n) is 4.11. The van der Waals surface area contributed by atoms with Crippen LogP contribution in [0.4, 0.5) is 14.5 Å². The summed E-state index contributed by atoms with van der Waals surface area (Å²) >= 11 is 2.91. The molecule has 0 aromatic heterocycles. The van der Waals surface area contributed by atoms with Crippen LogP contribution in [0.5, 0.6) is 11.5 Å². The van der Waals surface area contributed by atoms with Crippen LogP contribution in [-0.2, 0) is 6.54 Å². The molecule has 2 aromatic rings. The second-order valence-corrected chi connectivity index (χ2v) is 4.96. The van der Waals surface area contributed by atoms with Gasteiger partial charge in [0.1, 0.15) is 11.6 Å². The van der Waals surface area contributed by atoms with E-state index >= 15 is 0 Å². The minimum atomic E-state index is -0.559. The van der Waals surface area contributed by atoms with Crippen molar-refractivity contribution in [3.63, 3.8) is 0 Å². The van der Waals surface area contributed by atoms with Gasteiger partial charge < -0.3 is 15.2 Å². The van der Waals surface area contributed by atoms with E-state index in [0.717, 1.165) is 12.1 Å². The number of phenols is 1. The summed E-state index contributed by atoms with van der Waals surface area (Å²) in [6.07, 6.45) is 0. The summed E-state index contributed by atoms with van der Waals surface area (Å²) in [5.41, 5.74) is 0.770. The van der Waals surface area contributed by atoms with Gasteiger partial charge in [0.15, 0.2) is 11.5 Å². The lowest BCUT2D eigenvalue weighted by atomic mass is 10.2. The predicted octanol–water partition coefficient (Wildman–Crippen LogP) is 4.05. The molecule has 0 amide bonds. The zero-order valence-electron chi connectivity index (χ0n) is 10.6. The lowest BCUT2D eigenvalue weighted by Gasteiger charge is -2.10. The van der Waals surface area contributed by atoms with E-state index in [1.165, 1.54) is 13.2 Å². The van der Waals surface area contributed by atoms with Gasteiger partial charge in [-0.1, -0.05) is 6.07 Å². The smallest absolute Gasteiger partial charge is 0.160 e. The molecule has 0 fully saturated rings. The Morgan fingerprint density at radius 3 is 2.60 bits per heavy atom. The van der Waals surface area contributed by atoms with Gasteiger partial charge in [-0.3, -0.25) is 0 Å². The molecule has 20 heavy (non-hydrogen) atoms. The van der Waals surface area contributed by atoms with Crippen LogP contribution in [0.1, 0.15) is 5.56 Å². The molecule has 0 heterocycles. The molecule has 0 aliphatic heterocycles. The number of ether oxygens (including phenoxy) is 1. The van der Waals surface area contributed by atoms with Crippen LogP contribution in [-0.4, -0.2) is 12.2 Å². The Bertz CT molecular complexity index is 635. The molecule has 3 nitrogen and oxygen atoms in total. The van der Waals surface area contributed by atoms with Gasteiger partial charge in [-0.2, -0.15) is 0 Å². The lowest BCUT2D eigenvalue weighted by Crippen LogP contribution is -2.02. The molecule has 2 aromatic carbocycles. The van der Waals surface area contributed by atoms with Gasteiger partial charge in [0.2, 0.25) is 0 Å². The zero-order valence-corrected chi connectivity index (χ0v) is 12.2. The highest BCUT2D eigenvalue weighted by atomic mass is 79.9. The molecular weight excluding hydrogens is 332 g/mol. The molecule has 0 saturated carbocycles. The van der Waals surface area contributed by atoms with Crippen molar-refractivity contribution < 1.29 is 18.6 Å². The lowest BCUT2D eigenvalue weighted by molar-refractivity contribution is 0.373. The summed E-state index contributed by atoms with van der Waals surface area (Å²) in [7, 11) is 1.45. The zero-order chi connectivity index (χ0) is 14.7. The first-order valence-electron chi connectivity index (χ1n) is 5.75. The van der Waals surface area contributed by atoms with Crippen molar-refractivity contribution in [2.24, 2.45) is 0 Å². The van der Waals surface area contributed by atoms with E-state index in [1.54, 1.807) is 12.1 Å². The molecule has 0 aliphatic rings. The van der Waals surface area contributed by atoms with Gasteiger partial charge in [-0.05, 0) is 39.7 Å². The van der Waals surface area contributed by atoms with E-state index in [2.05, 4.69) is 21.2 Å². The van der Waals surface area contributed by atoms with Crippen molar-refractivity contribution >= 4 is 21.6 Å². The molecule has 6 heteroatoms. The average molecular weight is 344 g/mol. The molecule has 0 atom stereocenters. The number of halogens is 3. The molecule has 0 saturated heterocycles. The molecule has 2 N–H and O–H groups in total. The number of methoxy groups -OCH3 is 1. The fourth-order valence-corrected chi connectivity index (χ4v) is 2.02. The van der Waals surface area contributed by atoms with Crippen molar-refractivity contribution in [3.05, 3.63) is 52.0 Å². The highest BCUT2D eigenvalue weighted by Crippen LogP contribution is 2.27. The Hall–Kier alpha value is -1.82. The Labute approximate surface area is 123 Å². The standard InChI is InChI=1S/C14H12BrF2NO2/c1-20-14-3-2-8(4-13(14)19)7-18-12-6-10(16)9(15)5-11(12)17/h2-6,18-19H,7H2,1H3. The van der Waals surface area contributed by atoms with Crippen molar-refractivity contribution in [2.45, 2.75) is 6.54 Å². The van der Waals surface area contributed by atoms with Crippen LogP contribution in [0, 0.1) is 11.6 Å². The summed E-state index contributed by atoms with van der Waals surface area (Å²) in [6, 6.07) is 6.95. The number of benzene rings is 2. The van der Waals surface area contributed by atoms with Crippen molar-refractivity contribution in [1.29, 1.82) is 0 Å². The van der Waals surface area contributed by atoms with Gasteiger partial charge in [-0.15, -0.1) is 0 Å². The van der Waals surface area contributed by atoms with E-state index < -0.39 is 11.6 Å². The summed E-state index contributed by atoms with van der Waals surface area (Å²) in [5.74, 6) is -0.758. The summed E-state index contributed by atoms with van der Waals surface area (Å²) < 4.78 is 31.9. The first kappa shape index (κ1) is 14.6. The van der Waals surface area contributed by atoms with Crippen LogP contribution < -0.4 is 10.1 Å². The highest BCUT2D eigenvalue weighted by molar-refractivity contribution is 9.10. The third-order valence-electron chi connectivity index (χ3n) is 2.74. The maximum absolute atomic E-state index is 13.6.